The fourth-order valence-corrected chi connectivity index (χ4v) is 3.97. The van der Waals surface area contributed by atoms with Gasteiger partial charge >= 0.3 is 0 Å². The summed E-state index contributed by atoms with van der Waals surface area (Å²) in [6, 6.07) is 34.5. The summed E-state index contributed by atoms with van der Waals surface area (Å²) in [7, 11) is 0. The number of para-hydroxylation sites is 1. The zero-order valence-electron chi connectivity index (χ0n) is 19.7. The van der Waals surface area contributed by atoms with Crippen LogP contribution in [0, 0.1) is 0 Å². The van der Waals surface area contributed by atoms with Crippen molar-refractivity contribution in [1.82, 2.24) is 10.2 Å². The van der Waals surface area contributed by atoms with E-state index in [0.29, 0.717) is 22.9 Å². The van der Waals surface area contributed by atoms with Crippen LogP contribution in [0.3, 0.4) is 0 Å². The molecule has 4 aromatic carbocycles. The highest BCUT2D eigenvalue weighted by Gasteiger charge is 2.31. The molecule has 0 aromatic heterocycles. The summed E-state index contributed by atoms with van der Waals surface area (Å²) < 4.78 is 5.76. The van der Waals surface area contributed by atoms with Crippen molar-refractivity contribution in [3.05, 3.63) is 137 Å². The van der Waals surface area contributed by atoms with Crippen molar-refractivity contribution >= 4 is 23.4 Å². The van der Waals surface area contributed by atoms with Crippen LogP contribution in [0.1, 0.15) is 22.7 Å². The summed E-state index contributed by atoms with van der Waals surface area (Å²) >= 11 is 6.07. The van der Waals surface area contributed by atoms with Crippen molar-refractivity contribution < 1.29 is 14.3 Å². The number of hydrogen-bond donors (Lipinski definition) is 1. The van der Waals surface area contributed by atoms with Crippen molar-refractivity contribution in [3.8, 4) is 5.75 Å². The Morgan fingerprint density at radius 2 is 1.33 bits per heavy atom. The van der Waals surface area contributed by atoms with E-state index < -0.39 is 6.04 Å². The molecule has 0 saturated carbocycles. The molecular formula is C30H27ClN2O3. The van der Waals surface area contributed by atoms with Gasteiger partial charge < -0.3 is 15.0 Å². The summed E-state index contributed by atoms with van der Waals surface area (Å²) in [6.45, 7) is 0.367. The van der Waals surface area contributed by atoms with Crippen LogP contribution in [0.15, 0.2) is 115 Å². The fraction of sp³-hybridized carbons (Fsp3) is 0.133. The Kier molecular flexibility index (Phi) is 8.73. The molecule has 0 fully saturated rings. The van der Waals surface area contributed by atoms with Crippen LogP contribution < -0.4 is 10.1 Å². The lowest BCUT2D eigenvalue weighted by Gasteiger charge is -2.31. The maximum atomic E-state index is 13.6. The number of ether oxygens (including phenoxy) is 1. The van der Waals surface area contributed by atoms with Gasteiger partial charge in [-0.1, -0.05) is 103 Å². The molecule has 4 rings (SSSR count). The number of benzene rings is 4. The van der Waals surface area contributed by atoms with Gasteiger partial charge in [-0.15, -0.1) is 0 Å². The molecule has 0 aliphatic rings. The van der Waals surface area contributed by atoms with Crippen molar-refractivity contribution in [2.24, 2.45) is 0 Å². The minimum atomic E-state index is -0.850. The molecule has 0 aliphatic heterocycles. The minimum Gasteiger partial charge on any atom is -0.484 e. The van der Waals surface area contributed by atoms with E-state index in [-0.39, 0.29) is 25.0 Å². The Hall–Kier alpha value is -4.09. The lowest BCUT2D eigenvalue weighted by molar-refractivity contribution is -0.143. The summed E-state index contributed by atoms with van der Waals surface area (Å²) in [5.74, 6) is 0.00618. The third-order valence-electron chi connectivity index (χ3n) is 5.68. The second-order valence-electron chi connectivity index (χ2n) is 8.27. The number of rotatable bonds is 10. The van der Waals surface area contributed by atoms with Gasteiger partial charge in [0.2, 0.25) is 5.91 Å². The summed E-state index contributed by atoms with van der Waals surface area (Å²) in [4.78, 5) is 28.7. The first-order chi connectivity index (χ1) is 17.6. The summed E-state index contributed by atoms with van der Waals surface area (Å²) in [6.07, 6.45) is 0. The topological polar surface area (TPSA) is 58.6 Å². The number of hydrogen-bond acceptors (Lipinski definition) is 3. The highest BCUT2D eigenvalue weighted by Crippen LogP contribution is 2.25. The number of nitrogens with zero attached hydrogens (tertiary/aromatic N) is 1. The summed E-state index contributed by atoms with van der Waals surface area (Å²) in [5.41, 5.74) is 2.54. The molecule has 1 N–H and O–H groups in total. The Morgan fingerprint density at radius 3 is 1.97 bits per heavy atom. The minimum absolute atomic E-state index is 0.201. The predicted molar refractivity (Wildman–Crippen MR) is 141 cm³/mol. The van der Waals surface area contributed by atoms with Gasteiger partial charge in [0.1, 0.15) is 11.8 Å². The van der Waals surface area contributed by atoms with Gasteiger partial charge in [-0.25, -0.2) is 0 Å². The van der Waals surface area contributed by atoms with Crippen LogP contribution in [0.4, 0.5) is 0 Å². The van der Waals surface area contributed by atoms with E-state index in [1.807, 2.05) is 91.0 Å². The van der Waals surface area contributed by atoms with E-state index in [2.05, 4.69) is 5.32 Å². The molecule has 0 bridgehead atoms. The quantitative estimate of drug-likeness (QED) is 0.300. The first kappa shape index (κ1) is 25.0. The average molecular weight is 499 g/mol. The van der Waals surface area contributed by atoms with Gasteiger partial charge in [-0.05, 0) is 41.0 Å². The standard InChI is InChI=1S/C30H27ClN2O3/c31-26-18-16-24(17-19-26)21-33(28(34)22-36-27-14-8-3-9-15-27)29(25-12-6-2-7-13-25)30(35)32-20-23-10-4-1-5-11-23/h1-19,29H,20-22H2,(H,32,35)/t29-/m0/s1. The van der Waals surface area contributed by atoms with Crippen LogP contribution in [0.25, 0.3) is 0 Å². The molecular weight excluding hydrogens is 472 g/mol. The lowest BCUT2D eigenvalue weighted by atomic mass is 10.0. The lowest BCUT2D eigenvalue weighted by Crippen LogP contribution is -2.45. The van der Waals surface area contributed by atoms with Gasteiger partial charge in [0.05, 0.1) is 0 Å². The van der Waals surface area contributed by atoms with Crippen molar-refractivity contribution in [2.75, 3.05) is 6.61 Å². The van der Waals surface area contributed by atoms with Crippen LogP contribution in [0.5, 0.6) is 5.75 Å². The van der Waals surface area contributed by atoms with Crippen molar-refractivity contribution in [2.45, 2.75) is 19.1 Å². The fourth-order valence-electron chi connectivity index (χ4n) is 3.84. The highest BCUT2D eigenvalue weighted by atomic mass is 35.5. The van der Waals surface area contributed by atoms with Crippen molar-refractivity contribution in [1.29, 1.82) is 0 Å². The number of halogens is 1. The zero-order valence-corrected chi connectivity index (χ0v) is 20.5. The van der Waals surface area contributed by atoms with E-state index >= 15 is 0 Å². The second-order valence-corrected chi connectivity index (χ2v) is 8.70. The van der Waals surface area contributed by atoms with Crippen LogP contribution in [-0.2, 0) is 22.7 Å². The number of amides is 2. The van der Waals surface area contributed by atoms with Gasteiger partial charge in [0, 0.05) is 18.1 Å². The van der Waals surface area contributed by atoms with Crippen LogP contribution >= 0.6 is 11.6 Å². The second kappa shape index (κ2) is 12.6. The van der Waals surface area contributed by atoms with E-state index in [4.69, 9.17) is 16.3 Å². The number of carbonyl (C=O) groups is 2. The van der Waals surface area contributed by atoms with E-state index in [1.165, 1.54) is 0 Å². The molecule has 1 atom stereocenters. The predicted octanol–water partition coefficient (Wildman–Crippen LogP) is 5.81. The van der Waals surface area contributed by atoms with Gasteiger partial charge in [-0.3, -0.25) is 9.59 Å². The SMILES string of the molecule is O=C(NCc1ccccc1)[C@H](c1ccccc1)N(Cc1ccc(Cl)cc1)C(=O)COc1ccccc1. The molecule has 0 heterocycles. The van der Waals surface area contributed by atoms with Crippen LogP contribution in [0.2, 0.25) is 5.02 Å². The number of nitrogens with one attached hydrogen (secondary N) is 1. The summed E-state index contributed by atoms with van der Waals surface area (Å²) in [5, 5.41) is 3.61. The molecule has 0 aliphatic carbocycles. The Labute approximate surface area is 216 Å². The largest absolute Gasteiger partial charge is 0.484 e. The Balaban J connectivity index is 1.62. The Morgan fingerprint density at radius 1 is 0.750 bits per heavy atom. The maximum Gasteiger partial charge on any atom is 0.261 e. The molecule has 6 heteroatoms. The smallest absolute Gasteiger partial charge is 0.261 e. The molecule has 2 amide bonds. The highest BCUT2D eigenvalue weighted by molar-refractivity contribution is 6.30. The molecule has 0 radical (unpaired) electrons. The molecule has 4 aromatic rings. The number of carbonyl (C=O) groups excluding carboxylic acids is 2. The zero-order chi connectivity index (χ0) is 25.2. The molecule has 0 spiro atoms. The van der Waals surface area contributed by atoms with E-state index in [9.17, 15) is 9.59 Å². The van der Waals surface area contributed by atoms with Gasteiger partial charge in [0.25, 0.3) is 5.91 Å². The molecule has 0 saturated heterocycles. The van der Waals surface area contributed by atoms with Gasteiger partial charge in [0.15, 0.2) is 6.61 Å². The molecule has 36 heavy (non-hydrogen) atoms. The average Bonchev–Trinajstić information content (AvgIpc) is 2.93. The molecule has 5 nitrogen and oxygen atoms in total. The van der Waals surface area contributed by atoms with Crippen LogP contribution in [-0.4, -0.2) is 23.3 Å². The normalized spacial score (nSPS) is 11.4. The van der Waals surface area contributed by atoms with Gasteiger partial charge in [-0.2, -0.15) is 0 Å². The third-order valence-corrected chi connectivity index (χ3v) is 5.93. The first-order valence-electron chi connectivity index (χ1n) is 11.7. The van der Waals surface area contributed by atoms with E-state index in [1.54, 1.807) is 29.2 Å². The molecule has 0 unspecified atom stereocenters. The maximum absolute atomic E-state index is 13.6. The van der Waals surface area contributed by atoms with E-state index in [0.717, 1.165) is 11.1 Å². The molecule has 182 valence electrons. The Bertz CT molecular complexity index is 1250. The first-order valence-corrected chi connectivity index (χ1v) is 12.1. The van der Waals surface area contributed by atoms with Crippen molar-refractivity contribution in [3.63, 3.8) is 0 Å². The monoisotopic (exact) mass is 498 g/mol. The third kappa shape index (κ3) is 6.96.